The summed E-state index contributed by atoms with van der Waals surface area (Å²) < 4.78 is 17.7. The number of aliphatic hydroxyl groups is 1. The highest BCUT2D eigenvalue weighted by Crippen LogP contribution is 2.58. The van der Waals surface area contributed by atoms with Gasteiger partial charge in [0.05, 0.1) is 49.1 Å². The predicted octanol–water partition coefficient (Wildman–Crippen LogP) is 2.22. The van der Waals surface area contributed by atoms with Gasteiger partial charge in [-0.3, -0.25) is 14.9 Å². The number of ether oxygens (including phenoxy) is 3. The Balaban J connectivity index is 1.17. The smallest absolute Gasteiger partial charge is 0.141 e. The van der Waals surface area contributed by atoms with Crippen molar-refractivity contribution in [3.05, 3.63) is 35.5 Å². The number of hydrazone groups is 1. The fourth-order valence-corrected chi connectivity index (χ4v) is 6.59. The van der Waals surface area contributed by atoms with E-state index in [4.69, 9.17) is 25.0 Å². The zero-order valence-electron chi connectivity index (χ0n) is 21.2. The van der Waals surface area contributed by atoms with Gasteiger partial charge in [0.1, 0.15) is 17.6 Å². The highest BCUT2D eigenvalue weighted by Gasteiger charge is 2.69. The maximum atomic E-state index is 10.7. The molecule has 1 saturated carbocycles. The molecule has 2 unspecified atom stereocenters. The fraction of sp³-hybridized carbons (Fsp3) is 0.593. The summed E-state index contributed by atoms with van der Waals surface area (Å²) in [4.78, 5) is 12.0. The number of nitrogens with zero attached hydrogens (tertiary/aromatic N) is 4. The number of nitrogens with two attached hydrogens (primary N) is 1. The minimum Gasteiger partial charge on any atom is -0.484 e. The van der Waals surface area contributed by atoms with E-state index in [1.54, 1.807) is 6.21 Å². The Hall–Kier alpha value is -2.59. The number of benzene rings is 1. The summed E-state index contributed by atoms with van der Waals surface area (Å²) in [5.41, 5.74) is 2.92. The third kappa shape index (κ3) is 3.89. The van der Waals surface area contributed by atoms with Crippen molar-refractivity contribution in [2.24, 2.45) is 15.9 Å². The molecule has 7 rings (SSSR count). The Morgan fingerprint density at radius 1 is 1.36 bits per heavy atom. The Morgan fingerprint density at radius 2 is 2.19 bits per heavy atom. The molecule has 2 aromatic rings. The molecule has 3 N–H and O–H groups in total. The van der Waals surface area contributed by atoms with Gasteiger partial charge >= 0.3 is 0 Å². The molecular weight excluding hydrogens is 458 g/mol. The van der Waals surface area contributed by atoms with Gasteiger partial charge in [0.2, 0.25) is 0 Å². The van der Waals surface area contributed by atoms with Crippen LogP contribution in [-0.2, 0) is 22.5 Å². The maximum Gasteiger partial charge on any atom is 0.141 e. The zero-order valence-corrected chi connectivity index (χ0v) is 21.2. The molecule has 1 aromatic heterocycles. The van der Waals surface area contributed by atoms with Crippen LogP contribution in [0.4, 0.5) is 0 Å². The van der Waals surface area contributed by atoms with Crippen LogP contribution in [0.3, 0.4) is 0 Å². The number of hydrogen-bond donors (Lipinski definition) is 2. The van der Waals surface area contributed by atoms with Crippen LogP contribution in [-0.4, -0.2) is 82.1 Å². The van der Waals surface area contributed by atoms with Crippen LogP contribution in [0.15, 0.2) is 34.5 Å². The van der Waals surface area contributed by atoms with Crippen molar-refractivity contribution in [2.45, 2.75) is 75.5 Å². The third-order valence-electron chi connectivity index (χ3n) is 8.37. The van der Waals surface area contributed by atoms with E-state index in [0.29, 0.717) is 25.5 Å². The minimum absolute atomic E-state index is 0.0221. The Kier molecular flexibility index (Phi) is 5.60. The number of rotatable bonds is 6. The van der Waals surface area contributed by atoms with Crippen molar-refractivity contribution in [2.75, 3.05) is 26.4 Å². The molecule has 0 amide bonds. The van der Waals surface area contributed by atoms with Crippen molar-refractivity contribution in [1.29, 1.82) is 0 Å². The topological polar surface area (TPSA) is 115 Å². The van der Waals surface area contributed by atoms with Gasteiger partial charge in [-0.2, -0.15) is 5.10 Å². The maximum absolute atomic E-state index is 10.7. The second kappa shape index (κ2) is 8.48. The van der Waals surface area contributed by atoms with Gasteiger partial charge in [0.25, 0.3) is 0 Å². The van der Waals surface area contributed by atoms with E-state index in [1.807, 2.05) is 45.2 Å². The highest BCUT2D eigenvalue weighted by molar-refractivity contribution is 6.32. The summed E-state index contributed by atoms with van der Waals surface area (Å²) in [6, 6.07) is 5.94. The zero-order chi connectivity index (χ0) is 25.1. The van der Waals surface area contributed by atoms with Gasteiger partial charge in [-0.15, -0.1) is 0 Å². The van der Waals surface area contributed by atoms with Crippen molar-refractivity contribution >= 4 is 22.8 Å². The van der Waals surface area contributed by atoms with E-state index in [-0.39, 0.29) is 23.2 Å². The summed E-state index contributed by atoms with van der Waals surface area (Å²) >= 11 is 0. The normalized spacial score (nSPS) is 31.2. The van der Waals surface area contributed by atoms with Gasteiger partial charge < -0.3 is 25.2 Å². The molecule has 9 heteroatoms. The van der Waals surface area contributed by atoms with Gasteiger partial charge in [-0.25, -0.2) is 0 Å². The summed E-state index contributed by atoms with van der Waals surface area (Å²) in [5, 5.41) is 15.8. The van der Waals surface area contributed by atoms with Crippen LogP contribution >= 0.6 is 0 Å². The third-order valence-corrected chi connectivity index (χ3v) is 8.37. The largest absolute Gasteiger partial charge is 0.484 e. The van der Waals surface area contributed by atoms with E-state index in [1.165, 1.54) is 5.56 Å². The molecule has 2 atom stereocenters. The van der Waals surface area contributed by atoms with Crippen molar-refractivity contribution < 1.29 is 19.3 Å². The molecule has 1 aliphatic carbocycles. The number of aromatic nitrogens is 1. The average molecular weight is 494 g/mol. The number of pyridine rings is 1. The number of aliphatic imine (C=N–C) groups is 1. The van der Waals surface area contributed by atoms with Gasteiger partial charge in [-0.1, -0.05) is 0 Å². The lowest BCUT2D eigenvalue weighted by molar-refractivity contribution is -0.146. The number of hydrogen-bond acceptors (Lipinski definition) is 9. The molecule has 3 saturated heterocycles. The molecule has 2 bridgehead atoms. The molecule has 1 aromatic carbocycles. The van der Waals surface area contributed by atoms with E-state index in [0.717, 1.165) is 54.6 Å². The molecular formula is C27H35N5O4. The summed E-state index contributed by atoms with van der Waals surface area (Å²) in [6.45, 7) is 9.02. The van der Waals surface area contributed by atoms with Crippen LogP contribution in [0, 0.1) is 0 Å². The van der Waals surface area contributed by atoms with Crippen molar-refractivity contribution in [3.8, 4) is 5.75 Å². The summed E-state index contributed by atoms with van der Waals surface area (Å²) in [7, 11) is 0. The molecule has 4 fully saturated rings. The van der Waals surface area contributed by atoms with Crippen LogP contribution in [0.2, 0.25) is 0 Å². The monoisotopic (exact) mass is 493 g/mol. The lowest BCUT2D eigenvalue weighted by atomic mass is 9.67. The summed E-state index contributed by atoms with van der Waals surface area (Å²) in [6.07, 6.45) is 6.03. The lowest BCUT2D eigenvalue weighted by Crippen LogP contribution is -2.65. The van der Waals surface area contributed by atoms with Crippen LogP contribution < -0.4 is 10.6 Å². The lowest BCUT2D eigenvalue weighted by Gasteiger charge is -2.52. The molecule has 5 heterocycles. The molecule has 4 aliphatic heterocycles. The second-order valence-electron chi connectivity index (χ2n) is 11.4. The first kappa shape index (κ1) is 23.8. The Labute approximate surface area is 211 Å². The molecule has 1 spiro atoms. The molecule has 0 radical (unpaired) electrons. The standard InChI is InChI=1S/C27H35N5O4/c1-17(36-19-4-5-22-21(8-19)20-6-7-34-11-18(20)9-29-22)23(31-28)10-30-26-13-27(14-26)16-35-12-24(25(2,3)33)32(27)15-26/h4-5,8-10,17,24,33H,6-7,11-16,28H2,1-3H3/b30-10?,31-23+. The second-order valence-corrected chi connectivity index (χ2v) is 11.4. The van der Waals surface area contributed by atoms with Crippen LogP contribution in [0.5, 0.6) is 5.75 Å². The first-order valence-electron chi connectivity index (χ1n) is 12.8. The van der Waals surface area contributed by atoms with E-state index >= 15 is 0 Å². The summed E-state index contributed by atoms with van der Waals surface area (Å²) in [5.74, 6) is 6.52. The molecule has 5 aliphatic rings. The molecule has 192 valence electrons. The van der Waals surface area contributed by atoms with Crippen LogP contribution in [0.25, 0.3) is 10.9 Å². The number of morpholine rings is 1. The van der Waals surface area contributed by atoms with Crippen molar-refractivity contribution in [1.82, 2.24) is 9.88 Å². The quantitative estimate of drug-likeness (QED) is 0.360. The molecule has 9 nitrogen and oxygen atoms in total. The first-order valence-corrected chi connectivity index (χ1v) is 12.8. The van der Waals surface area contributed by atoms with E-state index in [9.17, 15) is 5.11 Å². The predicted molar refractivity (Wildman–Crippen MR) is 138 cm³/mol. The van der Waals surface area contributed by atoms with E-state index in [2.05, 4.69) is 15.0 Å². The fourth-order valence-electron chi connectivity index (χ4n) is 6.59. The van der Waals surface area contributed by atoms with Crippen LogP contribution in [0.1, 0.15) is 44.7 Å². The number of fused-ring (bicyclic) bond motifs is 3. The molecule has 36 heavy (non-hydrogen) atoms. The van der Waals surface area contributed by atoms with Gasteiger partial charge in [0.15, 0.2) is 0 Å². The van der Waals surface area contributed by atoms with Crippen molar-refractivity contribution in [3.63, 3.8) is 0 Å². The Morgan fingerprint density at radius 3 is 2.97 bits per heavy atom. The minimum atomic E-state index is -0.830. The van der Waals surface area contributed by atoms with E-state index < -0.39 is 5.60 Å². The average Bonchev–Trinajstić information content (AvgIpc) is 3.34. The highest BCUT2D eigenvalue weighted by atomic mass is 16.5. The van der Waals surface area contributed by atoms with Gasteiger partial charge in [-0.05, 0) is 69.4 Å². The van der Waals surface area contributed by atoms with Gasteiger partial charge in [0, 0.05) is 29.9 Å². The SMILES string of the molecule is CC(Oc1ccc2ncc3c(c2c1)CCOC3)/C(C=NC12CN3C(C(C)(C)O)COCC3(C1)C2)=N/N. The Bertz CT molecular complexity index is 1230. The first-order chi connectivity index (χ1) is 17.2.